The zero-order chi connectivity index (χ0) is 11.4. The van der Waals surface area contributed by atoms with E-state index in [0.29, 0.717) is 12.1 Å². The van der Waals surface area contributed by atoms with E-state index in [1.807, 2.05) is 0 Å². The molecule has 1 fully saturated rings. The molecule has 0 radical (unpaired) electrons. The van der Waals surface area contributed by atoms with Crippen LogP contribution in [0.5, 0.6) is 0 Å². The van der Waals surface area contributed by atoms with Crippen LogP contribution < -0.4 is 5.32 Å². The van der Waals surface area contributed by atoms with E-state index in [1.54, 1.807) is 0 Å². The molecule has 1 aromatic rings. The van der Waals surface area contributed by atoms with Crippen LogP contribution in [-0.4, -0.2) is 17.4 Å². The predicted octanol–water partition coefficient (Wildman–Crippen LogP) is 2.14. The fraction of sp³-hybridized carbons (Fsp3) is 0.500. The van der Waals surface area contributed by atoms with Crippen molar-refractivity contribution in [3.8, 4) is 0 Å². The van der Waals surface area contributed by atoms with Crippen LogP contribution in [0.4, 0.5) is 4.39 Å². The summed E-state index contributed by atoms with van der Waals surface area (Å²) in [4.78, 5) is 15.0. The van der Waals surface area contributed by atoms with Crippen LogP contribution in [0.25, 0.3) is 0 Å². The third-order valence-electron chi connectivity index (χ3n) is 3.05. The summed E-state index contributed by atoms with van der Waals surface area (Å²) in [5, 5.41) is 2.79. The Kier molecular flexibility index (Phi) is 3.49. The molecule has 3 nitrogen and oxygen atoms in total. The highest BCUT2D eigenvalue weighted by molar-refractivity contribution is 5.93. The van der Waals surface area contributed by atoms with Gasteiger partial charge in [0, 0.05) is 24.4 Å². The highest BCUT2D eigenvalue weighted by Crippen LogP contribution is 2.28. The van der Waals surface area contributed by atoms with Gasteiger partial charge < -0.3 is 5.32 Å². The zero-order valence-electron chi connectivity index (χ0n) is 9.08. The van der Waals surface area contributed by atoms with Crippen LogP contribution in [-0.2, 0) is 0 Å². The van der Waals surface area contributed by atoms with Crippen LogP contribution in [0.3, 0.4) is 0 Å². The van der Waals surface area contributed by atoms with E-state index in [0.717, 1.165) is 18.4 Å². The van der Waals surface area contributed by atoms with Crippen molar-refractivity contribution in [2.24, 2.45) is 5.92 Å². The fourth-order valence-corrected chi connectivity index (χ4v) is 1.82. The summed E-state index contributed by atoms with van der Waals surface area (Å²) >= 11 is 0. The van der Waals surface area contributed by atoms with Crippen LogP contribution in [0.15, 0.2) is 18.3 Å². The summed E-state index contributed by atoms with van der Waals surface area (Å²) in [5.74, 6) is -0.0678. The van der Waals surface area contributed by atoms with Crippen molar-refractivity contribution in [3.05, 3.63) is 29.8 Å². The van der Waals surface area contributed by atoms with Gasteiger partial charge in [0.1, 0.15) is 0 Å². The molecule has 1 aliphatic carbocycles. The molecule has 0 unspecified atom stereocenters. The minimum atomic E-state index is -0.619. The predicted molar refractivity (Wildman–Crippen MR) is 58.5 cm³/mol. The lowest BCUT2D eigenvalue weighted by molar-refractivity contribution is 0.0948. The van der Waals surface area contributed by atoms with Crippen molar-refractivity contribution in [1.82, 2.24) is 10.3 Å². The first-order chi connectivity index (χ1) is 7.75. The summed E-state index contributed by atoms with van der Waals surface area (Å²) in [6.07, 6.45) is 6.20. The van der Waals surface area contributed by atoms with Crippen molar-refractivity contribution in [3.63, 3.8) is 0 Å². The van der Waals surface area contributed by atoms with E-state index in [1.165, 1.54) is 31.5 Å². The fourth-order valence-electron chi connectivity index (χ4n) is 1.82. The van der Waals surface area contributed by atoms with Crippen molar-refractivity contribution in [2.75, 3.05) is 6.54 Å². The average molecular weight is 222 g/mol. The Labute approximate surface area is 94.1 Å². The molecule has 4 heteroatoms. The Hall–Kier alpha value is -1.45. The Morgan fingerprint density at radius 3 is 3.00 bits per heavy atom. The second kappa shape index (κ2) is 5.05. The highest BCUT2D eigenvalue weighted by atomic mass is 19.1. The molecular formula is C12H15FN2O. The lowest BCUT2D eigenvalue weighted by Crippen LogP contribution is -2.27. The Bertz CT molecular complexity index is 377. The van der Waals surface area contributed by atoms with Gasteiger partial charge in [-0.05, 0) is 18.4 Å². The summed E-state index contributed by atoms with van der Waals surface area (Å²) in [6, 6.07) is 2.67. The maximum Gasteiger partial charge on any atom is 0.251 e. The first-order valence-electron chi connectivity index (χ1n) is 5.65. The summed E-state index contributed by atoms with van der Waals surface area (Å²) in [7, 11) is 0. The molecule has 2 rings (SSSR count). The Morgan fingerprint density at radius 2 is 2.38 bits per heavy atom. The molecule has 1 N–H and O–H groups in total. The molecular weight excluding hydrogens is 207 g/mol. The Balaban J connectivity index is 1.78. The van der Waals surface area contributed by atoms with Gasteiger partial charge in [-0.25, -0.2) is 4.98 Å². The topological polar surface area (TPSA) is 42.0 Å². The van der Waals surface area contributed by atoms with Gasteiger partial charge in [-0.15, -0.1) is 0 Å². The minimum Gasteiger partial charge on any atom is -0.352 e. The van der Waals surface area contributed by atoms with Crippen LogP contribution in [0.2, 0.25) is 0 Å². The van der Waals surface area contributed by atoms with E-state index in [-0.39, 0.29) is 5.91 Å². The molecule has 86 valence electrons. The van der Waals surface area contributed by atoms with E-state index in [4.69, 9.17) is 0 Å². The number of nitrogens with one attached hydrogen (secondary N) is 1. The molecule has 1 aromatic heterocycles. The van der Waals surface area contributed by atoms with Crippen molar-refractivity contribution >= 4 is 5.91 Å². The molecule has 1 aliphatic rings. The number of aromatic nitrogens is 1. The third kappa shape index (κ3) is 2.78. The highest BCUT2D eigenvalue weighted by Gasteiger charge is 2.17. The maximum absolute atomic E-state index is 12.8. The van der Waals surface area contributed by atoms with Crippen molar-refractivity contribution < 1.29 is 9.18 Å². The first-order valence-corrected chi connectivity index (χ1v) is 5.65. The quantitative estimate of drug-likeness (QED) is 0.793. The summed E-state index contributed by atoms with van der Waals surface area (Å²) < 4.78 is 12.8. The number of hydrogen-bond donors (Lipinski definition) is 1. The minimum absolute atomic E-state index is 0.222. The number of halogens is 1. The molecule has 1 saturated carbocycles. The molecule has 1 amide bonds. The van der Waals surface area contributed by atoms with Gasteiger partial charge in [0.15, 0.2) is 0 Å². The van der Waals surface area contributed by atoms with Gasteiger partial charge >= 0.3 is 0 Å². The number of nitrogens with zero attached hydrogens (tertiary/aromatic N) is 1. The Morgan fingerprint density at radius 1 is 1.56 bits per heavy atom. The largest absolute Gasteiger partial charge is 0.352 e. The monoisotopic (exact) mass is 222 g/mol. The maximum atomic E-state index is 12.8. The van der Waals surface area contributed by atoms with Gasteiger partial charge in [-0.3, -0.25) is 4.79 Å². The first kappa shape index (κ1) is 11.0. The van der Waals surface area contributed by atoms with E-state index in [9.17, 15) is 9.18 Å². The molecule has 0 aliphatic heterocycles. The molecule has 0 aromatic carbocycles. The lowest BCUT2D eigenvalue weighted by Gasteiger charge is -2.25. The number of pyridine rings is 1. The van der Waals surface area contributed by atoms with Crippen LogP contribution in [0.1, 0.15) is 36.0 Å². The number of rotatable bonds is 4. The smallest absolute Gasteiger partial charge is 0.251 e. The summed E-state index contributed by atoms with van der Waals surface area (Å²) in [5.41, 5.74) is 0.334. The average Bonchev–Trinajstić information content (AvgIpc) is 2.21. The van der Waals surface area contributed by atoms with E-state index < -0.39 is 5.95 Å². The number of amides is 1. The van der Waals surface area contributed by atoms with Gasteiger partial charge in [0.05, 0.1) is 0 Å². The summed E-state index contributed by atoms with van der Waals surface area (Å²) in [6.45, 7) is 0.674. The molecule has 0 atom stereocenters. The molecule has 0 bridgehead atoms. The SMILES string of the molecule is O=C(NCCC1CCC1)c1ccnc(F)c1. The van der Waals surface area contributed by atoms with Gasteiger partial charge in [-0.1, -0.05) is 19.3 Å². The van der Waals surface area contributed by atoms with Gasteiger partial charge in [-0.2, -0.15) is 4.39 Å². The van der Waals surface area contributed by atoms with E-state index in [2.05, 4.69) is 10.3 Å². The molecule has 0 spiro atoms. The second-order valence-electron chi connectivity index (χ2n) is 4.21. The standard InChI is InChI=1S/C12H15FN2O/c13-11-8-10(5-7-14-11)12(16)15-6-4-9-2-1-3-9/h5,7-9H,1-4,6H2,(H,15,16). The molecule has 1 heterocycles. The number of carbonyl (C=O) groups excluding carboxylic acids is 1. The van der Waals surface area contributed by atoms with Crippen molar-refractivity contribution in [1.29, 1.82) is 0 Å². The lowest BCUT2D eigenvalue weighted by atomic mass is 9.83. The van der Waals surface area contributed by atoms with Gasteiger partial charge in [0.2, 0.25) is 5.95 Å². The van der Waals surface area contributed by atoms with Crippen LogP contribution in [0, 0.1) is 11.9 Å². The number of hydrogen-bond acceptors (Lipinski definition) is 2. The van der Waals surface area contributed by atoms with Crippen LogP contribution >= 0.6 is 0 Å². The second-order valence-corrected chi connectivity index (χ2v) is 4.21. The molecule has 0 saturated heterocycles. The normalized spacial score (nSPS) is 15.6. The molecule has 16 heavy (non-hydrogen) atoms. The zero-order valence-corrected chi connectivity index (χ0v) is 9.08. The third-order valence-corrected chi connectivity index (χ3v) is 3.05. The van der Waals surface area contributed by atoms with Gasteiger partial charge in [0.25, 0.3) is 5.91 Å². The number of carbonyl (C=O) groups is 1. The van der Waals surface area contributed by atoms with Crippen molar-refractivity contribution in [2.45, 2.75) is 25.7 Å². The van der Waals surface area contributed by atoms with E-state index >= 15 is 0 Å².